The number of rotatable bonds is 5. The van der Waals surface area contributed by atoms with E-state index < -0.39 is 21.3 Å². The molecule has 1 aromatic carbocycles. The van der Waals surface area contributed by atoms with Gasteiger partial charge in [-0.1, -0.05) is 12.1 Å². The Morgan fingerprint density at radius 2 is 1.96 bits per heavy atom. The fraction of sp³-hybridized carbons (Fsp3) is 0.421. The highest BCUT2D eigenvalue weighted by Crippen LogP contribution is 2.26. The number of nitriles is 1. The van der Waals surface area contributed by atoms with Gasteiger partial charge in [0.05, 0.1) is 16.4 Å². The molecule has 2 rings (SSSR count). The molecule has 8 heteroatoms. The van der Waals surface area contributed by atoms with Crippen LogP contribution in [0.5, 0.6) is 0 Å². The molecule has 1 aliphatic rings. The van der Waals surface area contributed by atoms with Crippen molar-refractivity contribution in [2.75, 3.05) is 6.54 Å². The summed E-state index contributed by atoms with van der Waals surface area (Å²) in [5, 5.41) is 14.9. The molecule has 1 heterocycles. The summed E-state index contributed by atoms with van der Waals surface area (Å²) in [6.07, 6.45) is 3.24. The zero-order valence-corrected chi connectivity index (χ0v) is 16.2. The van der Waals surface area contributed by atoms with Crippen molar-refractivity contribution in [1.82, 2.24) is 10.6 Å². The second-order valence-corrected chi connectivity index (χ2v) is 8.77. The molecule has 1 saturated heterocycles. The van der Waals surface area contributed by atoms with Crippen molar-refractivity contribution in [3.05, 3.63) is 41.3 Å². The van der Waals surface area contributed by atoms with E-state index in [0.29, 0.717) is 18.5 Å². The summed E-state index contributed by atoms with van der Waals surface area (Å²) in [5.74, 6) is -0.480. The van der Waals surface area contributed by atoms with Crippen LogP contribution in [0, 0.1) is 11.3 Å². The number of benzene rings is 1. The second kappa shape index (κ2) is 8.35. The van der Waals surface area contributed by atoms with E-state index in [1.807, 2.05) is 0 Å². The van der Waals surface area contributed by atoms with Crippen molar-refractivity contribution < 1.29 is 18.0 Å². The third kappa shape index (κ3) is 4.95. The fourth-order valence-electron chi connectivity index (χ4n) is 2.81. The monoisotopic (exact) mass is 389 g/mol. The van der Waals surface area contributed by atoms with Crippen molar-refractivity contribution >= 4 is 21.7 Å². The Morgan fingerprint density at radius 1 is 1.30 bits per heavy atom. The van der Waals surface area contributed by atoms with Crippen LogP contribution in [0.15, 0.2) is 40.6 Å². The van der Waals surface area contributed by atoms with Crippen LogP contribution >= 0.6 is 0 Å². The zero-order valence-electron chi connectivity index (χ0n) is 15.4. The molecule has 1 fully saturated rings. The molecule has 2 amide bonds. The van der Waals surface area contributed by atoms with Gasteiger partial charge in [0.2, 0.25) is 21.7 Å². The van der Waals surface area contributed by atoms with Crippen LogP contribution in [0.4, 0.5) is 0 Å². The lowest BCUT2D eigenvalue weighted by Crippen LogP contribution is -2.50. The lowest BCUT2D eigenvalue weighted by molar-refractivity contribution is -0.131. The average Bonchev–Trinajstić information content (AvgIpc) is 2.84. The van der Waals surface area contributed by atoms with Crippen LogP contribution in [-0.2, 0) is 24.8 Å². The Bertz CT molecular complexity index is 881. The molecule has 0 unspecified atom stereocenters. The molecule has 0 aliphatic carbocycles. The number of allylic oxidation sites excluding steroid dienone is 1. The molecule has 1 atom stereocenters. The van der Waals surface area contributed by atoms with Crippen LogP contribution in [-0.4, -0.2) is 32.8 Å². The highest BCUT2D eigenvalue weighted by atomic mass is 32.2. The minimum absolute atomic E-state index is 0.0390. The van der Waals surface area contributed by atoms with E-state index in [0.717, 1.165) is 24.3 Å². The third-order valence-corrected chi connectivity index (χ3v) is 6.06. The SMILES string of the molecule is CC(C)(C(=O)N[C@H]1CCCCNC1=O)c1ccc(S(=O)(=O)C=CC#N)cc1. The van der Waals surface area contributed by atoms with Crippen LogP contribution in [0.2, 0.25) is 0 Å². The predicted molar refractivity (Wildman–Crippen MR) is 100 cm³/mol. The van der Waals surface area contributed by atoms with Gasteiger partial charge >= 0.3 is 0 Å². The average molecular weight is 389 g/mol. The minimum atomic E-state index is -3.70. The summed E-state index contributed by atoms with van der Waals surface area (Å²) < 4.78 is 24.1. The number of amides is 2. The zero-order chi connectivity index (χ0) is 20.1. The first-order chi connectivity index (χ1) is 12.7. The molecule has 0 radical (unpaired) electrons. The van der Waals surface area contributed by atoms with E-state index in [4.69, 9.17) is 5.26 Å². The van der Waals surface area contributed by atoms with Gasteiger partial charge in [-0.05, 0) is 50.8 Å². The topological polar surface area (TPSA) is 116 Å². The molecule has 0 saturated carbocycles. The second-order valence-electron chi connectivity index (χ2n) is 6.94. The largest absolute Gasteiger partial charge is 0.354 e. The first-order valence-corrected chi connectivity index (χ1v) is 10.2. The number of nitrogens with zero attached hydrogens (tertiary/aromatic N) is 1. The lowest BCUT2D eigenvalue weighted by atomic mass is 9.83. The van der Waals surface area contributed by atoms with E-state index >= 15 is 0 Å². The van der Waals surface area contributed by atoms with E-state index in [1.165, 1.54) is 12.1 Å². The predicted octanol–water partition coefficient (Wildman–Crippen LogP) is 1.56. The maximum atomic E-state index is 12.8. The summed E-state index contributed by atoms with van der Waals surface area (Å²) in [7, 11) is -3.70. The summed E-state index contributed by atoms with van der Waals surface area (Å²) in [4.78, 5) is 24.8. The quantitative estimate of drug-likeness (QED) is 0.742. The molecule has 2 N–H and O–H groups in total. The fourth-order valence-corrected chi connectivity index (χ4v) is 3.72. The Hall–Kier alpha value is -2.66. The maximum Gasteiger partial charge on any atom is 0.242 e. The number of carbonyl (C=O) groups is 2. The van der Waals surface area contributed by atoms with E-state index in [1.54, 1.807) is 32.0 Å². The Morgan fingerprint density at radius 3 is 2.59 bits per heavy atom. The van der Waals surface area contributed by atoms with Crippen molar-refractivity contribution in [3.8, 4) is 6.07 Å². The van der Waals surface area contributed by atoms with E-state index in [-0.39, 0.29) is 16.7 Å². The van der Waals surface area contributed by atoms with E-state index in [9.17, 15) is 18.0 Å². The van der Waals surface area contributed by atoms with Gasteiger partial charge in [0.15, 0.2) is 0 Å². The van der Waals surface area contributed by atoms with Crippen LogP contribution in [0.25, 0.3) is 0 Å². The standard InChI is InChI=1S/C19H23N3O4S/c1-19(2,18(24)22-16-6-3-4-12-21-17(16)23)14-7-9-15(10-8-14)27(25,26)13-5-11-20/h5,7-10,13,16H,3-4,6,12H2,1-2H3,(H,21,23)(H,22,24)/t16-/m0/s1. The Balaban J connectivity index is 2.18. The van der Waals surface area contributed by atoms with Gasteiger partial charge in [-0.2, -0.15) is 5.26 Å². The Kier molecular flexibility index (Phi) is 6.39. The number of carbonyl (C=O) groups excluding carboxylic acids is 2. The summed E-state index contributed by atoms with van der Waals surface area (Å²) in [5.41, 5.74) is -0.325. The third-order valence-electron chi connectivity index (χ3n) is 4.63. The van der Waals surface area contributed by atoms with Crippen molar-refractivity contribution in [3.63, 3.8) is 0 Å². The lowest BCUT2D eigenvalue weighted by Gasteiger charge is -2.27. The number of hydrogen-bond donors (Lipinski definition) is 2. The van der Waals surface area contributed by atoms with Gasteiger partial charge in [0.25, 0.3) is 0 Å². The molecule has 1 aromatic rings. The molecule has 0 bridgehead atoms. The summed E-state index contributed by atoms with van der Waals surface area (Å²) >= 11 is 0. The molecule has 0 spiro atoms. The van der Waals surface area contributed by atoms with Crippen molar-refractivity contribution in [2.24, 2.45) is 0 Å². The number of sulfone groups is 1. The number of nitrogens with one attached hydrogen (secondary N) is 2. The molecule has 144 valence electrons. The highest BCUT2D eigenvalue weighted by Gasteiger charge is 2.33. The Labute approximate surface area is 159 Å². The first kappa shape index (κ1) is 20.6. The van der Waals surface area contributed by atoms with Crippen LogP contribution < -0.4 is 10.6 Å². The normalized spacial score (nSPS) is 18.4. The van der Waals surface area contributed by atoms with Crippen molar-refractivity contribution in [2.45, 2.75) is 49.5 Å². The molecular weight excluding hydrogens is 366 g/mol. The van der Waals surface area contributed by atoms with Crippen LogP contribution in [0.1, 0.15) is 38.7 Å². The molecule has 1 aliphatic heterocycles. The number of hydrogen-bond acceptors (Lipinski definition) is 5. The van der Waals surface area contributed by atoms with E-state index in [2.05, 4.69) is 10.6 Å². The maximum absolute atomic E-state index is 12.8. The first-order valence-electron chi connectivity index (χ1n) is 8.69. The summed E-state index contributed by atoms with van der Waals surface area (Å²) in [6, 6.07) is 7.03. The van der Waals surface area contributed by atoms with Crippen molar-refractivity contribution in [1.29, 1.82) is 5.26 Å². The van der Waals surface area contributed by atoms with Gasteiger partial charge < -0.3 is 10.6 Å². The van der Waals surface area contributed by atoms with Crippen LogP contribution in [0.3, 0.4) is 0 Å². The highest BCUT2D eigenvalue weighted by molar-refractivity contribution is 7.94. The molecule has 7 nitrogen and oxygen atoms in total. The molecule has 27 heavy (non-hydrogen) atoms. The van der Waals surface area contributed by atoms with Gasteiger partial charge in [-0.25, -0.2) is 8.42 Å². The van der Waals surface area contributed by atoms with Gasteiger partial charge in [-0.15, -0.1) is 0 Å². The minimum Gasteiger partial charge on any atom is -0.354 e. The van der Waals surface area contributed by atoms with Gasteiger partial charge in [0, 0.05) is 18.0 Å². The van der Waals surface area contributed by atoms with Gasteiger partial charge in [-0.3, -0.25) is 9.59 Å². The molecular formula is C19H23N3O4S. The molecule has 0 aromatic heterocycles. The smallest absolute Gasteiger partial charge is 0.242 e. The summed E-state index contributed by atoms with van der Waals surface area (Å²) in [6.45, 7) is 4.05. The van der Waals surface area contributed by atoms with Gasteiger partial charge in [0.1, 0.15) is 6.04 Å².